The van der Waals surface area contributed by atoms with E-state index < -0.39 is 11.5 Å². The van der Waals surface area contributed by atoms with Gasteiger partial charge in [-0.2, -0.15) is 0 Å². The molecule has 0 aliphatic carbocycles. The Morgan fingerprint density at radius 2 is 2.35 bits per heavy atom. The van der Waals surface area contributed by atoms with E-state index in [0.29, 0.717) is 37.3 Å². The minimum absolute atomic E-state index is 0.228. The summed E-state index contributed by atoms with van der Waals surface area (Å²) in [6.07, 6.45) is 1.60. The summed E-state index contributed by atoms with van der Waals surface area (Å²) in [6.45, 7) is 4.25. The van der Waals surface area contributed by atoms with E-state index in [0.717, 1.165) is 0 Å². The van der Waals surface area contributed by atoms with Crippen molar-refractivity contribution >= 4 is 12.0 Å². The molecule has 20 heavy (non-hydrogen) atoms. The van der Waals surface area contributed by atoms with Crippen LogP contribution in [-0.4, -0.2) is 39.2 Å². The maximum Gasteiger partial charge on any atom is 0.329 e. The number of hydrogen-bond acceptors (Lipinski definition) is 4. The summed E-state index contributed by atoms with van der Waals surface area (Å²) < 4.78 is 4.91. The standard InChI is InChI=1S/C13H19N3O4/c1-3-13(11(17)18)5-4-6-16(13)12(19)14-8-10-7-9(2)20-15-10/h7H,3-6,8H2,1-2H3,(H,14,19)(H,17,18). The van der Waals surface area contributed by atoms with E-state index in [4.69, 9.17) is 4.52 Å². The molecule has 1 aliphatic rings. The zero-order valence-electron chi connectivity index (χ0n) is 11.7. The Morgan fingerprint density at radius 3 is 2.90 bits per heavy atom. The molecule has 1 fully saturated rings. The molecular weight excluding hydrogens is 262 g/mol. The minimum Gasteiger partial charge on any atom is -0.479 e. The Balaban J connectivity index is 2.02. The van der Waals surface area contributed by atoms with Gasteiger partial charge in [0.2, 0.25) is 0 Å². The number of carbonyl (C=O) groups is 2. The fourth-order valence-electron chi connectivity index (χ4n) is 2.68. The number of urea groups is 1. The maximum atomic E-state index is 12.2. The molecule has 1 saturated heterocycles. The monoisotopic (exact) mass is 281 g/mol. The Kier molecular flexibility index (Phi) is 3.96. The molecule has 110 valence electrons. The van der Waals surface area contributed by atoms with Crippen LogP contribution in [0.3, 0.4) is 0 Å². The number of hydrogen-bond donors (Lipinski definition) is 2. The Bertz CT molecular complexity index is 513. The number of aromatic nitrogens is 1. The predicted octanol–water partition coefficient (Wildman–Crippen LogP) is 1.52. The molecule has 1 aliphatic heterocycles. The van der Waals surface area contributed by atoms with E-state index in [2.05, 4.69) is 10.5 Å². The van der Waals surface area contributed by atoms with Crippen LogP contribution in [0.5, 0.6) is 0 Å². The molecule has 7 heteroatoms. The van der Waals surface area contributed by atoms with Crippen molar-refractivity contribution in [1.29, 1.82) is 0 Å². The SMILES string of the molecule is CCC1(C(=O)O)CCCN1C(=O)NCc1cc(C)on1. The molecule has 2 heterocycles. The average molecular weight is 281 g/mol. The van der Waals surface area contributed by atoms with E-state index in [9.17, 15) is 14.7 Å². The van der Waals surface area contributed by atoms with Crippen molar-refractivity contribution in [3.05, 3.63) is 17.5 Å². The highest BCUT2D eigenvalue weighted by Gasteiger charge is 2.48. The largest absolute Gasteiger partial charge is 0.479 e. The Hall–Kier alpha value is -2.05. The number of aliphatic carboxylic acids is 1. The zero-order chi connectivity index (χ0) is 14.8. The third-order valence-electron chi connectivity index (χ3n) is 3.81. The lowest BCUT2D eigenvalue weighted by molar-refractivity contribution is -0.148. The van der Waals surface area contributed by atoms with Gasteiger partial charge in [-0.3, -0.25) is 0 Å². The van der Waals surface area contributed by atoms with Crippen molar-refractivity contribution in [3.63, 3.8) is 0 Å². The fraction of sp³-hybridized carbons (Fsp3) is 0.615. The first-order valence-electron chi connectivity index (χ1n) is 6.70. The number of nitrogens with one attached hydrogen (secondary N) is 1. The van der Waals surface area contributed by atoms with Crippen LogP contribution in [0, 0.1) is 6.92 Å². The number of likely N-dealkylation sites (tertiary alicyclic amines) is 1. The summed E-state index contributed by atoms with van der Waals surface area (Å²) in [7, 11) is 0. The second kappa shape index (κ2) is 5.52. The van der Waals surface area contributed by atoms with Crippen molar-refractivity contribution in [3.8, 4) is 0 Å². The molecular formula is C13H19N3O4. The van der Waals surface area contributed by atoms with Gasteiger partial charge >= 0.3 is 12.0 Å². The predicted molar refractivity (Wildman–Crippen MR) is 70.1 cm³/mol. The number of amides is 2. The third-order valence-corrected chi connectivity index (χ3v) is 3.81. The van der Waals surface area contributed by atoms with Crippen LogP contribution in [0.1, 0.15) is 37.6 Å². The molecule has 2 amide bonds. The first-order chi connectivity index (χ1) is 9.49. The number of carbonyl (C=O) groups excluding carboxylic acids is 1. The lowest BCUT2D eigenvalue weighted by Crippen LogP contribution is -2.55. The van der Waals surface area contributed by atoms with Crippen LogP contribution in [0.15, 0.2) is 10.6 Å². The van der Waals surface area contributed by atoms with Gasteiger partial charge in [-0.15, -0.1) is 0 Å². The summed E-state index contributed by atoms with van der Waals surface area (Å²) >= 11 is 0. The van der Waals surface area contributed by atoms with Crippen molar-refractivity contribution in [2.75, 3.05) is 6.54 Å². The molecule has 0 saturated carbocycles. The quantitative estimate of drug-likeness (QED) is 0.872. The lowest BCUT2D eigenvalue weighted by atomic mass is 9.93. The topological polar surface area (TPSA) is 95.7 Å². The van der Waals surface area contributed by atoms with Crippen molar-refractivity contribution < 1.29 is 19.2 Å². The second-order valence-corrected chi connectivity index (χ2v) is 5.03. The van der Waals surface area contributed by atoms with Crippen LogP contribution in [0.2, 0.25) is 0 Å². The van der Waals surface area contributed by atoms with Gasteiger partial charge in [-0.05, 0) is 26.2 Å². The number of rotatable bonds is 4. The normalized spacial score (nSPS) is 22.0. The minimum atomic E-state index is -1.08. The van der Waals surface area contributed by atoms with E-state index in [-0.39, 0.29) is 12.6 Å². The molecule has 7 nitrogen and oxygen atoms in total. The molecule has 1 unspecified atom stereocenters. The summed E-state index contributed by atoms with van der Waals surface area (Å²) in [6, 6.07) is 1.36. The summed E-state index contributed by atoms with van der Waals surface area (Å²) in [5, 5.41) is 15.9. The van der Waals surface area contributed by atoms with Crippen LogP contribution < -0.4 is 5.32 Å². The highest BCUT2D eigenvalue weighted by Crippen LogP contribution is 2.32. The number of nitrogens with zero attached hydrogens (tertiary/aromatic N) is 2. The van der Waals surface area contributed by atoms with Crippen molar-refractivity contribution in [2.24, 2.45) is 0 Å². The number of carboxylic acid groups (broad SMARTS) is 1. The van der Waals surface area contributed by atoms with Gasteiger partial charge < -0.3 is 19.8 Å². The van der Waals surface area contributed by atoms with Gasteiger partial charge in [-0.1, -0.05) is 12.1 Å². The lowest BCUT2D eigenvalue weighted by Gasteiger charge is -2.33. The highest BCUT2D eigenvalue weighted by atomic mass is 16.5. The van der Waals surface area contributed by atoms with E-state index in [1.54, 1.807) is 19.9 Å². The average Bonchev–Trinajstić information content (AvgIpc) is 3.02. The molecule has 1 aromatic rings. The van der Waals surface area contributed by atoms with E-state index in [1.165, 1.54) is 4.90 Å². The molecule has 0 aromatic carbocycles. The van der Waals surface area contributed by atoms with Gasteiger partial charge in [0.1, 0.15) is 17.0 Å². The molecule has 0 bridgehead atoms. The summed E-state index contributed by atoms with van der Waals surface area (Å²) in [5.74, 6) is -0.270. The number of carboxylic acids is 1. The van der Waals surface area contributed by atoms with Crippen LogP contribution in [0.4, 0.5) is 4.79 Å². The van der Waals surface area contributed by atoms with Crippen LogP contribution in [-0.2, 0) is 11.3 Å². The highest BCUT2D eigenvalue weighted by molar-refractivity contribution is 5.87. The summed E-state index contributed by atoms with van der Waals surface area (Å²) in [5.41, 5.74) is -0.462. The maximum absolute atomic E-state index is 12.2. The molecule has 0 radical (unpaired) electrons. The second-order valence-electron chi connectivity index (χ2n) is 5.03. The van der Waals surface area contributed by atoms with Crippen molar-refractivity contribution in [2.45, 2.75) is 45.2 Å². The van der Waals surface area contributed by atoms with Gasteiger partial charge in [0.15, 0.2) is 0 Å². The van der Waals surface area contributed by atoms with E-state index in [1.807, 2.05) is 0 Å². The van der Waals surface area contributed by atoms with Gasteiger partial charge in [0.05, 0.1) is 6.54 Å². The Morgan fingerprint density at radius 1 is 1.60 bits per heavy atom. The Labute approximate surface area is 116 Å². The fourth-order valence-corrected chi connectivity index (χ4v) is 2.68. The van der Waals surface area contributed by atoms with Gasteiger partial charge in [0, 0.05) is 12.6 Å². The number of aryl methyl sites for hydroxylation is 1. The zero-order valence-corrected chi connectivity index (χ0v) is 11.7. The van der Waals surface area contributed by atoms with Crippen LogP contribution in [0.25, 0.3) is 0 Å². The van der Waals surface area contributed by atoms with Gasteiger partial charge in [-0.25, -0.2) is 9.59 Å². The first-order valence-corrected chi connectivity index (χ1v) is 6.70. The summed E-state index contributed by atoms with van der Waals surface area (Å²) in [4.78, 5) is 25.1. The molecule has 2 rings (SSSR count). The molecule has 1 aromatic heterocycles. The molecule has 0 spiro atoms. The first kappa shape index (κ1) is 14.4. The third kappa shape index (κ3) is 2.48. The van der Waals surface area contributed by atoms with Gasteiger partial charge in [0.25, 0.3) is 0 Å². The smallest absolute Gasteiger partial charge is 0.329 e. The molecule has 1 atom stereocenters. The van der Waals surface area contributed by atoms with Crippen molar-refractivity contribution in [1.82, 2.24) is 15.4 Å². The van der Waals surface area contributed by atoms with E-state index >= 15 is 0 Å². The van der Waals surface area contributed by atoms with Crippen LogP contribution >= 0.6 is 0 Å². The molecule has 2 N–H and O–H groups in total.